The molecule has 0 spiro atoms. The van der Waals surface area contributed by atoms with Crippen LogP contribution in [0.25, 0.3) is 5.65 Å². The number of ether oxygens (including phenoxy) is 1. The van der Waals surface area contributed by atoms with Gasteiger partial charge < -0.3 is 19.8 Å². The van der Waals surface area contributed by atoms with Crippen LogP contribution in [0, 0.1) is 0 Å². The lowest BCUT2D eigenvalue weighted by Crippen LogP contribution is -2.36. The Kier molecular flexibility index (Phi) is 3.38. The van der Waals surface area contributed by atoms with E-state index < -0.39 is 0 Å². The van der Waals surface area contributed by atoms with Gasteiger partial charge in [0.25, 0.3) is 0 Å². The van der Waals surface area contributed by atoms with Crippen LogP contribution >= 0.6 is 0 Å². The summed E-state index contributed by atoms with van der Waals surface area (Å²) in [5, 5.41) is 6.40. The van der Waals surface area contributed by atoms with Crippen molar-refractivity contribution in [1.29, 1.82) is 0 Å². The van der Waals surface area contributed by atoms with Gasteiger partial charge in [-0.2, -0.15) is 0 Å². The fourth-order valence-electron chi connectivity index (χ4n) is 1.85. The fourth-order valence-corrected chi connectivity index (χ4v) is 1.85. The first-order valence-corrected chi connectivity index (χ1v) is 5.84. The molecular weight excluding hydrogens is 230 g/mol. The molecular formula is C12H19N5O. The summed E-state index contributed by atoms with van der Waals surface area (Å²) in [5.41, 5.74) is 0.596. The number of imidazole rings is 1. The molecule has 6 heteroatoms. The predicted octanol–water partition coefficient (Wildman–Crippen LogP) is 1.61. The average molecular weight is 249 g/mol. The molecule has 0 saturated heterocycles. The summed E-state index contributed by atoms with van der Waals surface area (Å²) in [5.74, 6) is 1.53. The van der Waals surface area contributed by atoms with Crippen molar-refractivity contribution in [3.05, 3.63) is 18.6 Å². The highest BCUT2D eigenvalue weighted by Gasteiger charge is 2.20. The number of fused-ring (bicyclic) bond motifs is 1. The molecule has 0 aliphatic heterocycles. The molecule has 0 aliphatic carbocycles. The van der Waals surface area contributed by atoms with E-state index in [1.54, 1.807) is 13.3 Å². The number of methoxy groups -OCH3 is 1. The minimum absolute atomic E-state index is 0.208. The number of hydrogen-bond donors (Lipinski definition) is 2. The molecule has 2 aromatic heterocycles. The van der Waals surface area contributed by atoms with Gasteiger partial charge in [0, 0.05) is 26.6 Å². The number of rotatable bonds is 5. The first-order valence-electron chi connectivity index (χ1n) is 5.84. The topological polar surface area (TPSA) is 63.5 Å². The summed E-state index contributed by atoms with van der Waals surface area (Å²) in [6.07, 6.45) is 5.55. The summed E-state index contributed by atoms with van der Waals surface area (Å²) in [7, 11) is 3.53. The van der Waals surface area contributed by atoms with Crippen LogP contribution in [0.2, 0.25) is 0 Å². The second-order valence-electron chi connectivity index (χ2n) is 4.82. The summed E-state index contributed by atoms with van der Waals surface area (Å²) in [6.45, 7) is 4.71. The maximum Gasteiger partial charge on any atom is 0.180 e. The van der Waals surface area contributed by atoms with Crippen LogP contribution in [-0.4, -0.2) is 40.7 Å². The van der Waals surface area contributed by atoms with E-state index in [-0.39, 0.29) is 5.54 Å². The lowest BCUT2D eigenvalue weighted by Gasteiger charge is -2.26. The summed E-state index contributed by atoms with van der Waals surface area (Å²) >= 11 is 0. The zero-order valence-electron chi connectivity index (χ0n) is 11.2. The predicted molar refractivity (Wildman–Crippen MR) is 72.1 cm³/mol. The first-order chi connectivity index (χ1) is 8.55. The van der Waals surface area contributed by atoms with Gasteiger partial charge >= 0.3 is 0 Å². The van der Waals surface area contributed by atoms with Gasteiger partial charge in [0.05, 0.1) is 18.3 Å². The molecule has 0 fully saturated rings. The monoisotopic (exact) mass is 249 g/mol. The van der Waals surface area contributed by atoms with Crippen LogP contribution in [0.3, 0.4) is 0 Å². The van der Waals surface area contributed by atoms with Crippen LogP contribution in [0.15, 0.2) is 18.6 Å². The van der Waals surface area contributed by atoms with Crippen LogP contribution in [-0.2, 0) is 4.74 Å². The molecule has 2 aromatic rings. The summed E-state index contributed by atoms with van der Waals surface area (Å²) < 4.78 is 7.13. The van der Waals surface area contributed by atoms with Crippen molar-refractivity contribution in [2.45, 2.75) is 19.4 Å². The molecule has 0 amide bonds. The molecule has 0 bridgehead atoms. The molecule has 0 unspecified atom stereocenters. The van der Waals surface area contributed by atoms with E-state index in [0.717, 1.165) is 17.3 Å². The van der Waals surface area contributed by atoms with Crippen LogP contribution < -0.4 is 10.6 Å². The maximum absolute atomic E-state index is 5.20. The molecule has 0 saturated carbocycles. The van der Waals surface area contributed by atoms with Gasteiger partial charge in [-0.15, -0.1) is 0 Å². The lowest BCUT2D eigenvalue weighted by molar-refractivity contribution is 0.158. The minimum Gasteiger partial charge on any atom is -0.382 e. The van der Waals surface area contributed by atoms with Crippen molar-refractivity contribution in [2.24, 2.45) is 0 Å². The Morgan fingerprint density at radius 1 is 1.44 bits per heavy atom. The van der Waals surface area contributed by atoms with E-state index >= 15 is 0 Å². The highest BCUT2D eigenvalue weighted by molar-refractivity contribution is 5.66. The van der Waals surface area contributed by atoms with Gasteiger partial charge in [-0.1, -0.05) is 0 Å². The second kappa shape index (κ2) is 4.81. The Labute approximate surface area is 106 Å². The van der Waals surface area contributed by atoms with E-state index in [9.17, 15) is 0 Å². The van der Waals surface area contributed by atoms with Crippen molar-refractivity contribution in [3.8, 4) is 0 Å². The van der Waals surface area contributed by atoms with E-state index in [4.69, 9.17) is 4.74 Å². The van der Waals surface area contributed by atoms with Gasteiger partial charge in [-0.25, -0.2) is 9.97 Å². The third-order valence-electron chi connectivity index (χ3n) is 2.59. The number of nitrogens with one attached hydrogen (secondary N) is 2. The first kappa shape index (κ1) is 12.6. The molecule has 0 aromatic carbocycles. The molecule has 0 aliphatic rings. The van der Waals surface area contributed by atoms with Crippen molar-refractivity contribution in [1.82, 2.24) is 14.4 Å². The van der Waals surface area contributed by atoms with Crippen LogP contribution in [0.1, 0.15) is 13.8 Å². The Morgan fingerprint density at radius 3 is 2.89 bits per heavy atom. The van der Waals surface area contributed by atoms with Gasteiger partial charge in [-0.3, -0.25) is 0 Å². The van der Waals surface area contributed by atoms with Crippen molar-refractivity contribution in [3.63, 3.8) is 0 Å². The highest BCUT2D eigenvalue weighted by atomic mass is 16.5. The van der Waals surface area contributed by atoms with Crippen LogP contribution in [0.5, 0.6) is 0 Å². The van der Waals surface area contributed by atoms with E-state index in [1.807, 2.05) is 23.8 Å². The molecule has 98 valence electrons. The Balaban J connectivity index is 2.39. The molecule has 18 heavy (non-hydrogen) atoms. The second-order valence-corrected chi connectivity index (χ2v) is 4.82. The van der Waals surface area contributed by atoms with Crippen molar-refractivity contribution >= 4 is 17.3 Å². The van der Waals surface area contributed by atoms with Crippen molar-refractivity contribution < 1.29 is 4.74 Å². The fraction of sp³-hybridized carbons (Fsp3) is 0.500. The van der Waals surface area contributed by atoms with Crippen molar-refractivity contribution in [2.75, 3.05) is 31.4 Å². The van der Waals surface area contributed by atoms with E-state index in [0.29, 0.717) is 6.61 Å². The van der Waals surface area contributed by atoms with E-state index in [1.165, 1.54) is 0 Å². The normalized spacial score (nSPS) is 11.8. The third kappa shape index (κ3) is 2.53. The molecule has 6 nitrogen and oxygen atoms in total. The number of hydrogen-bond acceptors (Lipinski definition) is 5. The SMILES string of the molecule is CNc1cn2ccnc2c(NC(C)(C)COC)n1. The van der Waals surface area contributed by atoms with Gasteiger partial charge in [0.1, 0.15) is 5.82 Å². The number of anilines is 2. The summed E-state index contributed by atoms with van der Waals surface area (Å²) in [6, 6.07) is 0. The van der Waals surface area contributed by atoms with Gasteiger partial charge in [-0.05, 0) is 13.8 Å². The highest BCUT2D eigenvalue weighted by Crippen LogP contribution is 2.20. The molecule has 2 heterocycles. The van der Waals surface area contributed by atoms with Gasteiger partial charge in [0.15, 0.2) is 11.5 Å². The standard InChI is InChI=1S/C12H19N5O/c1-12(2,8-18-4)16-10-11-14-5-6-17(11)7-9(13-3)15-10/h5-7,13H,8H2,1-4H3,(H,15,16). The smallest absolute Gasteiger partial charge is 0.180 e. The molecule has 0 atom stereocenters. The number of nitrogens with zero attached hydrogens (tertiary/aromatic N) is 3. The zero-order chi connectivity index (χ0) is 13.2. The Morgan fingerprint density at radius 2 is 2.22 bits per heavy atom. The molecule has 2 rings (SSSR count). The third-order valence-corrected chi connectivity index (χ3v) is 2.59. The molecule has 0 radical (unpaired) electrons. The van der Waals surface area contributed by atoms with E-state index in [2.05, 4.69) is 34.4 Å². The minimum atomic E-state index is -0.208. The maximum atomic E-state index is 5.20. The largest absolute Gasteiger partial charge is 0.382 e. The quantitative estimate of drug-likeness (QED) is 0.843. The Hall–Kier alpha value is -1.82. The Bertz CT molecular complexity index is 534. The summed E-state index contributed by atoms with van der Waals surface area (Å²) in [4.78, 5) is 8.81. The lowest BCUT2D eigenvalue weighted by atomic mass is 10.1. The number of aromatic nitrogens is 3. The average Bonchev–Trinajstić information content (AvgIpc) is 2.76. The molecule has 2 N–H and O–H groups in total. The van der Waals surface area contributed by atoms with Crippen LogP contribution in [0.4, 0.5) is 11.6 Å². The van der Waals surface area contributed by atoms with Gasteiger partial charge in [0.2, 0.25) is 0 Å². The zero-order valence-corrected chi connectivity index (χ0v) is 11.2.